The molecule has 0 saturated heterocycles. The molecule has 0 saturated carbocycles. The summed E-state index contributed by atoms with van der Waals surface area (Å²) in [7, 11) is -3.39. The van der Waals surface area contributed by atoms with Gasteiger partial charge in [-0.2, -0.15) is 5.10 Å². The minimum Gasteiger partial charge on any atom is -0.294 e. The monoisotopic (exact) mass is 403 g/mol. The molecule has 4 rings (SSSR count). The smallest absolute Gasteiger partial charge is 0.246 e. The van der Waals surface area contributed by atoms with Crippen LogP contribution in [0.3, 0.4) is 0 Å². The number of nitrogens with zero attached hydrogens (tertiary/aromatic N) is 4. The first-order valence-corrected chi connectivity index (χ1v) is 10.7. The highest BCUT2D eigenvalue weighted by Gasteiger charge is 2.22. The highest BCUT2D eigenvalue weighted by Crippen LogP contribution is 2.26. The lowest BCUT2D eigenvalue weighted by Crippen LogP contribution is -2.31. The van der Waals surface area contributed by atoms with Gasteiger partial charge in [0.15, 0.2) is 0 Å². The second-order valence-electron chi connectivity index (χ2n) is 6.63. The Hall–Kier alpha value is -2.29. The Labute approximate surface area is 162 Å². The van der Waals surface area contributed by atoms with E-state index in [1.165, 1.54) is 0 Å². The van der Waals surface area contributed by atoms with Crippen molar-refractivity contribution in [3.8, 4) is 11.3 Å². The molecule has 0 fully saturated rings. The lowest BCUT2D eigenvalue weighted by Gasteiger charge is -2.27. The van der Waals surface area contributed by atoms with Crippen LogP contribution in [0.1, 0.15) is 16.8 Å². The zero-order valence-corrected chi connectivity index (χ0v) is 16.3. The Morgan fingerprint density at radius 3 is 2.74 bits per heavy atom. The molecule has 0 amide bonds. The number of fused-ring (bicyclic) bond motifs is 1. The van der Waals surface area contributed by atoms with Gasteiger partial charge in [-0.05, 0) is 17.7 Å². The number of halogens is 1. The van der Waals surface area contributed by atoms with Crippen LogP contribution in [-0.4, -0.2) is 46.3 Å². The van der Waals surface area contributed by atoms with Crippen LogP contribution in [0.25, 0.3) is 11.3 Å². The number of hydrogen-bond acceptors (Lipinski definition) is 6. The molecular formula is C18H18ClN5O2S. The lowest BCUT2D eigenvalue weighted by molar-refractivity contribution is 0.242. The van der Waals surface area contributed by atoms with Crippen molar-refractivity contribution in [3.63, 3.8) is 0 Å². The molecule has 0 radical (unpaired) electrons. The summed E-state index contributed by atoms with van der Waals surface area (Å²) >= 11 is 5.97. The van der Waals surface area contributed by atoms with Crippen molar-refractivity contribution in [3.05, 3.63) is 58.5 Å². The van der Waals surface area contributed by atoms with E-state index >= 15 is 0 Å². The maximum atomic E-state index is 11.6. The van der Waals surface area contributed by atoms with Gasteiger partial charge in [-0.15, -0.1) is 0 Å². The predicted molar refractivity (Wildman–Crippen MR) is 102 cm³/mol. The molecule has 0 atom stereocenters. The molecule has 0 bridgehead atoms. The number of rotatable bonds is 4. The van der Waals surface area contributed by atoms with Gasteiger partial charge in [0.2, 0.25) is 15.0 Å². The van der Waals surface area contributed by atoms with E-state index in [2.05, 4.69) is 25.1 Å². The summed E-state index contributed by atoms with van der Waals surface area (Å²) in [6, 6.07) is 7.64. The Bertz CT molecular complexity index is 1080. The van der Waals surface area contributed by atoms with Crippen molar-refractivity contribution < 1.29 is 8.42 Å². The number of aromatic nitrogens is 4. The minimum absolute atomic E-state index is 0.102. The molecule has 2 aromatic heterocycles. The van der Waals surface area contributed by atoms with Gasteiger partial charge in [-0.1, -0.05) is 23.7 Å². The van der Waals surface area contributed by atoms with Crippen LogP contribution < -0.4 is 0 Å². The van der Waals surface area contributed by atoms with Crippen molar-refractivity contribution >= 4 is 21.4 Å². The quantitative estimate of drug-likeness (QED) is 0.673. The second kappa shape index (κ2) is 7.03. The molecule has 0 unspecified atom stereocenters. The number of H-pyrrole nitrogens is 1. The third-order valence-corrected chi connectivity index (χ3v) is 5.68. The molecule has 7 nitrogen and oxygen atoms in total. The fourth-order valence-corrected chi connectivity index (χ4v) is 3.85. The van der Waals surface area contributed by atoms with Crippen LogP contribution >= 0.6 is 11.6 Å². The van der Waals surface area contributed by atoms with E-state index in [0.717, 1.165) is 47.4 Å². The number of sulfone groups is 1. The molecule has 27 heavy (non-hydrogen) atoms. The molecule has 1 aliphatic heterocycles. The third kappa shape index (κ3) is 3.87. The van der Waals surface area contributed by atoms with E-state index in [-0.39, 0.29) is 5.16 Å². The zero-order chi connectivity index (χ0) is 19.0. The molecule has 1 N–H and O–H groups in total. The van der Waals surface area contributed by atoms with Crippen LogP contribution in [0.15, 0.2) is 41.8 Å². The Morgan fingerprint density at radius 1 is 1.22 bits per heavy atom. The molecular weight excluding hydrogens is 386 g/mol. The molecule has 0 spiro atoms. The van der Waals surface area contributed by atoms with Crippen molar-refractivity contribution in [1.29, 1.82) is 0 Å². The SMILES string of the molecule is CS(=O)(=O)c1ncc2c(n1)CCN(Cc1cn[nH]c1-c1ccc(Cl)cc1)C2. The van der Waals surface area contributed by atoms with Crippen LogP contribution in [0.4, 0.5) is 0 Å². The Morgan fingerprint density at radius 2 is 2.00 bits per heavy atom. The number of benzene rings is 1. The minimum atomic E-state index is -3.39. The first-order chi connectivity index (χ1) is 12.9. The summed E-state index contributed by atoms with van der Waals surface area (Å²) in [5, 5.41) is 7.85. The maximum Gasteiger partial charge on any atom is 0.246 e. The van der Waals surface area contributed by atoms with E-state index < -0.39 is 9.84 Å². The summed E-state index contributed by atoms with van der Waals surface area (Å²) in [6.07, 6.45) is 5.28. The fourth-order valence-electron chi connectivity index (χ4n) is 3.21. The number of hydrogen-bond donors (Lipinski definition) is 1. The van der Waals surface area contributed by atoms with E-state index in [1.54, 1.807) is 6.20 Å². The van der Waals surface area contributed by atoms with Crippen LogP contribution in [0, 0.1) is 0 Å². The topological polar surface area (TPSA) is 91.8 Å². The molecule has 140 valence electrons. The third-order valence-electron chi connectivity index (χ3n) is 4.57. The van der Waals surface area contributed by atoms with E-state index in [1.807, 2.05) is 30.5 Å². The van der Waals surface area contributed by atoms with E-state index in [9.17, 15) is 8.42 Å². The number of nitrogens with one attached hydrogen (secondary N) is 1. The Balaban J connectivity index is 1.53. The van der Waals surface area contributed by atoms with Gasteiger partial charge in [0.1, 0.15) is 0 Å². The Kier molecular flexibility index (Phi) is 4.71. The second-order valence-corrected chi connectivity index (χ2v) is 8.98. The molecule has 1 aromatic carbocycles. The summed E-state index contributed by atoms with van der Waals surface area (Å²) in [5.41, 5.74) is 4.87. The van der Waals surface area contributed by atoms with E-state index in [4.69, 9.17) is 11.6 Å². The van der Waals surface area contributed by atoms with E-state index in [0.29, 0.717) is 18.0 Å². The summed E-state index contributed by atoms with van der Waals surface area (Å²) in [4.78, 5) is 10.5. The standard InChI is InChI=1S/C18H18ClN5O2S/c1-27(25,26)18-20-8-13-10-24(7-6-16(13)22-18)11-14-9-21-23-17(14)12-2-4-15(19)5-3-12/h2-5,8-9H,6-7,10-11H2,1H3,(H,21,23). The van der Waals surface area contributed by atoms with Crippen molar-refractivity contribution in [2.75, 3.05) is 12.8 Å². The average molecular weight is 404 g/mol. The van der Waals surface area contributed by atoms with Gasteiger partial charge in [0, 0.05) is 54.7 Å². The molecule has 0 aliphatic carbocycles. The van der Waals surface area contributed by atoms with Crippen molar-refractivity contribution in [2.45, 2.75) is 24.7 Å². The largest absolute Gasteiger partial charge is 0.294 e. The summed E-state index contributed by atoms with van der Waals surface area (Å²) < 4.78 is 23.3. The maximum absolute atomic E-state index is 11.6. The van der Waals surface area contributed by atoms with Gasteiger partial charge in [-0.3, -0.25) is 10.00 Å². The van der Waals surface area contributed by atoms with Crippen LogP contribution in [0.2, 0.25) is 5.02 Å². The van der Waals surface area contributed by atoms with Gasteiger partial charge in [0.25, 0.3) is 0 Å². The van der Waals surface area contributed by atoms with Crippen molar-refractivity contribution in [1.82, 2.24) is 25.1 Å². The summed E-state index contributed by atoms with van der Waals surface area (Å²) in [6.45, 7) is 2.19. The van der Waals surface area contributed by atoms with Gasteiger partial charge >= 0.3 is 0 Å². The van der Waals surface area contributed by atoms with Crippen molar-refractivity contribution in [2.24, 2.45) is 0 Å². The van der Waals surface area contributed by atoms with Crippen LogP contribution in [-0.2, 0) is 29.3 Å². The highest BCUT2D eigenvalue weighted by atomic mass is 35.5. The lowest BCUT2D eigenvalue weighted by atomic mass is 10.0. The first-order valence-electron chi connectivity index (χ1n) is 8.45. The highest BCUT2D eigenvalue weighted by molar-refractivity contribution is 7.90. The van der Waals surface area contributed by atoms with Gasteiger partial charge < -0.3 is 0 Å². The number of aromatic amines is 1. The average Bonchev–Trinajstić information content (AvgIpc) is 3.09. The predicted octanol–water partition coefficient (Wildman–Crippen LogP) is 2.48. The molecule has 3 heterocycles. The molecule has 1 aliphatic rings. The van der Waals surface area contributed by atoms with Gasteiger partial charge in [0.05, 0.1) is 17.6 Å². The molecule has 9 heteroatoms. The van der Waals surface area contributed by atoms with Gasteiger partial charge in [-0.25, -0.2) is 18.4 Å². The molecule has 3 aromatic rings. The fraction of sp³-hybridized carbons (Fsp3) is 0.278. The first kappa shape index (κ1) is 18.1. The zero-order valence-electron chi connectivity index (χ0n) is 14.7. The summed E-state index contributed by atoms with van der Waals surface area (Å²) in [5.74, 6) is 0. The van der Waals surface area contributed by atoms with Crippen LogP contribution in [0.5, 0.6) is 0 Å². The normalized spacial score (nSPS) is 14.9.